The molecule has 0 aliphatic heterocycles. The summed E-state index contributed by atoms with van der Waals surface area (Å²) in [5.74, 6) is -4.68. The molecule has 20 heavy (non-hydrogen) atoms. The number of hydrogen-bond donors (Lipinski definition) is 3. The summed E-state index contributed by atoms with van der Waals surface area (Å²) in [6.45, 7) is 0.415. The fraction of sp³-hybridized carbons (Fsp3) is 0.600. The van der Waals surface area contributed by atoms with E-state index in [4.69, 9.17) is 5.73 Å². The van der Waals surface area contributed by atoms with Crippen LogP contribution < -0.4 is 22.3 Å². The number of halogens is 4. The summed E-state index contributed by atoms with van der Waals surface area (Å²) in [6, 6.07) is 0. The second-order valence-electron chi connectivity index (χ2n) is 4.09. The third kappa shape index (κ3) is 3.31. The monoisotopic (exact) mass is 298 g/mol. The van der Waals surface area contributed by atoms with E-state index >= 15 is 0 Å². The number of anilines is 2. The van der Waals surface area contributed by atoms with Crippen molar-refractivity contribution in [1.29, 1.82) is 0 Å². The normalized spacial score (nSPS) is 11.9. The predicted molar refractivity (Wildman–Crippen MR) is 65.5 cm³/mol. The number of alkyl halides is 4. The van der Waals surface area contributed by atoms with Crippen molar-refractivity contribution >= 4 is 11.5 Å². The number of H-pyrrole nitrogens is 1. The molecule has 1 aromatic rings. The van der Waals surface area contributed by atoms with Crippen LogP contribution >= 0.6 is 0 Å². The van der Waals surface area contributed by atoms with Gasteiger partial charge in [0.25, 0.3) is 5.56 Å². The molecule has 10 heteroatoms. The van der Waals surface area contributed by atoms with Crippen molar-refractivity contribution in [2.75, 3.05) is 17.6 Å². The molecule has 0 amide bonds. The Balaban J connectivity index is 3.10. The number of aromatic nitrogens is 2. The lowest BCUT2D eigenvalue weighted by atomic mass is 10.3. The molecule has 0 aromatic carbocycles. The molecule has 4 N–H and O–H groups in total. The molecule has 0 unspecified atom stereocenters. The zero-order chi connectivity index (χ0) is 15.5. The zero-order valence-electron chi connectivity index (χ0n) is 10.6. The van der Waals surface area contributed by atoms with Crippen LogP contribution in [0.4, 0.5) is 29.1 Å². The lowest BCUT2D eigenvalue weighted by Gasteiger charge is -2.18. The second-order valence-corrected chi connectivity index (χ2v) is 4.09. The molecule has 0 radical (unpaired) electrons. The summed E-state index contributed by atoms with van der Waals surface area (Å²) < 4.78 is 50.6. The van der Waals surface area contributed by atoms with Gasteiger partial charge in [0, 0.05) is 6.54 Å². The molecule has 0 aliphatic carbocycles. The topological polar surface area (TPSA) is 92.9 Å². The van der Waals surface area contributed by atoms with Gasteiger partial charge in [-0.1, -0.05) is 6.92 Å². The number of hydrogen-bond acceptors (Lipinski definition) is 4. The van der Waals surface area contributed by atoms with E-state index in [0.29, 0.717) is 6.42 Å². The minimum atomic E-state index is -4.31. The lowest BCUT2D eigenvalue weighted by Crippen LogP contribution is -2.39. The van der Waals surface area contributed by atoms with E-state index in [1.165, 1.54) is 0 Å². The molecule has 0 saturated heterocycles. The molecule has 0 spiro atoms. The Labute approximate surface area is 110 Å². The van der Waals surface area contributed by atoms with Gasteiger partial charge < -0.3 is 11.1 Å². The second kappa shape index (κ2) is 5.97. The van der Waals surface area contributed by atoms with Crippen molar-refractivity contribution in [2.45, 2.75) is 32.2 Å². The van der Waals surface area contributed by atoms with Crippen molar-refractivity contribution < 1.29 is 17.6 Å². The molecule has 0 bridgehead atoms. The number of aromatic amines is 1. The van der Waals surface area contributed by atoms with Crippen LogP contribution in [0, 0.1) is 0 Å². The standard InChI is InChI=1S/C10H14F4N4O2/c1-2-3-18-6(15)5(7(19)17-9(18)20)16-4-10(13,14)8(11)12/h8,16H,2-4,15H2,1H3,(H,17,19,20). The molecule has 6 nitrogen and oxygen atoms in total. The van der Waals surface area contributed by atoms with Gasteiger partial charge in [-0.2, -0.15) is 8.78 Å². The van der Waals surface area contributed by atoms with E-state index in [-0.39, 0.29) is 12.4 Å². The summed E-state index contributed by atoms with van der Waals surface area (Å²) in [7, 11) is 0. The third-order valence-electron chi connectivity index (χ3n) is 2.51. The Morgan fingerprint density at radius 3 is 2.50 bits per heavy atom. The zero-order valence-corrected chi connectivity index (χ0v) is 10.6. The average molecular weight is 298 g/mol. The van der Waals surface area contributed by atoms with Gasteiger partial charge in [-0.15, -0.1) is 0 Å². The highest BCUT2D eigenvalue weighted by Crippen LogP contribution is 2.23. The van der Waals surface area contributed by atoms with Crippen molar-refractivity contribution in [1.82, 2.24) is 9.55 Å². The first-order valence-electron chi connectivity index (χ1n) is 5.73. The molecular weight excluding hydrogens is 284 g/mol. The SMILES string of the molecule is CCCn1c(N)c(NCC(F)(F)C(F)F)c(=O)[nH]c1=O. The molecule has 1 heterocycles. The van der Waals surface area contributed by atoms with Gasteiger partial charge in [-0.05, 0) is 6.42 Å². The number of nitrogens with one attached hydrogen (secondary N) is 2. The molecule has 1 rings (SSSR count). The van der Waals surface area contributed by atoms with Crippen LogP contribution in [0.3, 0.4) is 0 Å². The molecule has 0 atom stereocenters. The Bertz CT molecular complexity index is 582. The van der Waals surface area contributed by atoms with Crippen molar-refractivity contribution in [3.63, 3.8) is 0 Å². The predicted octanol–water partition coefficient (Wildman–Crippen LogP) is 0.841. The van der Waals surface area contributed by atoms with Gasteiger partial charge in [0.2, 0.25) is 0 Å². The minimum absolute atomic E-state index is 0.154. The Hall–Kier alpha value is -2.00. The van der Waals surface area contributed by atoms with Gasteiger partial charge in [0.15, 0.2) is 0 Å². The van der Waals surface area contributed by atoms with Crippen LogP contribution in [-0.4, -0.2) is 28.4 Å². The minimum Gasteiger partial charge on any atom is -0.383 e. The number of rotatable bonds is 6. The van der Waals surface area contributed by atoms with Crippen LogP contribution in [0.5, 0.6) is 0 Å². The first-order valence-corrected chi connectivity index (χ1v) is 5.73. The molecular formula is C10H14F4N4O2. The van der Waals surface area contributed by atoms with Gasteiger partial charge in [-0.3, -0.25) is 14.3 Å². The van der Waals surface area contributed by atoms with Crippen molar-refractivity contribution in [2.24, 2.45) is 0 Å². The maximum Gasteiger partial charge on any atom is 0.330 e. The highest BCUT2D eigenvalue weighted by molar-refractivity contribution is 5.60. The summed E-state index contributed by atoms with van der Waals surface area (Å²) >= 11 is 0. The summed E-state index contributed by atoms with van der Waals surface area (Å²) in [4.78, 5) is 24.8. The Morgan fingerprint density at radius 2 is 2.00 bits per heavy atom. The van der Waals surface area contributed by atoms with Gasteiger partial charge in [0.1, 0.15) is 11.5 Å². The molecule has 0 fully saturated rings. The summed E-state index contributed by atoms with van der Waals surface area (Å²) in [5.41, 5.74) is 3.17. The van der Waals surface area contributed by atoms with Gasteiger partial charge >= 0.3 is 18.0 Å². The summed E-state index contributed by atoms with van der Waals surface area (Å²) in [6.07, 6.45) is -3.38. The quantitative estimate of drug-likeness (QED) is 0.679. The number of nitrogens with zero attached hydrogens (tertiary/aromatic N) is 1. The van der Waals surface area contributed by atoms with E-state index in [0.717, 1.165) is 4.57 Å². The summed E-state index contributed by atoms with van der Waals surface area (Å²) in [5, 5.41) is 1.87. The van der Waals surface area contributed by atoms with Gasteiger partial charge in [-0.25, -0.2) is 13.6 Å². The maximum absolute atomic E-state index is 12.8. The first kappa shape index (κ1) is 16.1. The fourth-order valence-electron chi connectivity index (χ4n) is 1.49. The van der Waals surface area contributed by atoms with E-state index in [9.17, 15) is 27.2 Å². The molecule has 0 saturated carbocycles. The maximum atomic E-state index is 12.8. The van der Waals surface area contributed by atoms with Crippen molar-refractivity contribution in [3.05, 3.63) is 20.8 Å². The fourth-order valence-corrected chi connectivity index (χ4v) is 1.49. The van der Waals surface area contributed by atoms with Crippen LogP contribution in [0.25, 0.3) is 0 Å². The number of nitrogens with two attached hydrogens (primary N) is 1. The van der Waals surface area contributed by atoms with Crippen LogP contribution in [-0.2, 0) is 6.54 Å². The highest BCUT2D eigenvalue weighted by atomic mass is 19.3. The first-order chi connectivity index (χ1) is 9.20. The van der Waals surface area contributed by atoms with Gasteiger partial charge in [0.05, 0.1) is 6.54 Å². The van der Waals surface area contributed by atoms with E-state index in [1.54, 1.807) is 6.92 Å². The average Bonchev–Trinajstić information content (AvgIpc) is 2.33. The number of nitrogen functional groups attached to an aromatic ring is 1. The third-order valence-corrected chi connectivity index (χ3v) is 2.51. The largest absolute Gasteiger partial charge is 0.383 e. The molecule has 114 valence electrons. The smallest absolute Gasteiger partial charge is 0.330 e. The molecule has 0 aliphatic rings. The van der Waals surface area contributed by atoms with E-state index in [2.05, 4.69) is 0 Å². The lowest BCUT2D eigenvalue weighted by molar-refractivity contribution is -0.117. The van der Waals surface area contributed by atoms with E-state index < -0.39 is 35.8 Å². The Kier molecular flexibility index (Phi) is 4.79. The van der Waals surface area contributed by atoms with Crippen LogP contribution in [0.2, 0.25) is 0 Å². The van der Waals surface area contributed by atoms with E-state index in [1.807, 2.05) is 10.3 Å². The van der Waals surface area contributed by atoms with Crippen LogP contribution in [0.1, 0.15) is 13.3 Å². The highest BCUT2D eigenvalue weighted by Gasteiger charge is 2.40. The Morgan fingerprint density at radius 1 is 1.40 bits per heavy atom. The van der Waals surface area contributed by atoms with Crippen LogP contribution in [0.15, 0.2) is 9.59 Å². The van der Waals surface area contributed by atoms with Crippen molar-refractivity contribution in [3.8, 4) is 0 Å². The molecule has 1 aromatic heterocycles.